The number of thiophene rings is 1. The van der Waals surface area contributed by atoms with Gasteiger partial charge in [0.1, 0.15) is 5.82 Å². The number of ether oxygens (including phenoxy) is 1. The van der Waals surface area contributed by atoms with Gasteiger partial charge in [0.2, 0.25) is 0 Å². The van der Waals surface area contributed by atoms with Gasteiger partial charge in [0.15, 0.2) is 0 Å². The Morgan fingerprint density at radius 3 is 2.70 bits per heavy atom. The van der Waals surface area contributed by atoms with Gasteiger partial charge < -0.3 is 15.2 Å². The van der Waals surface area contributed by atoms with Gasteiger partial charge in [-0.1, -0.05) is 18.2 Å². The average molecular weight is 428 g/mol. The minimum atomic E-state index is -1.11. The summed E-state index contributed by atoms with van der Waals surface area (Å²) in [4.78, 5) is 38.8. The van der Waals surface area contributed by atoms with E-state index in [0.29, 0.717) is 16.1 Å². The highest BCUT2D eigenvalue weighted by atomic mass is 32.1. The molecule has 2 N–H and O–H groups in total. The Morgan fingerprint density at radius 2 is 2.03 bits per heavy atom. The molecule has 1 aliphatic heterocycles. The first-order chi connectivity index (χ1) is 14.2. The monoisotopic (exact) mass is 428 g/mol. The molecule has 2 amide bonds. The van der Waals surface area contributed by atoms with Gasteiger partial charge in [-0.15, -0.1) is 16.0 Å². The third-order valence-electron chi connectivity index (χ3n) is 5.11. The van der Waals surface area contributed by atoms with Crippen LogP contribution in [0.3, 0.4) is 0 Å². The van der Waals surface area contributed by atoms with E-state index in [4.69, 9.17) is 4.74 Å². The summed E-state index contributed by atoms with van der Waals surface area (Å²) < 4.78 is 7.03. The highest BCUT2D eigenvalue weighted by Gasteiger charge is 2.46. The van der Waals surface area contributed by atoms with E-state index in [0.717, 1.165) is 14.8 Å². The maximum absolute atomic E-state index is 13.0. The van der Waals surface area contributed by atoms with E-state index in [1.54, 1.807) is 26.8 Å². The average Bonchev–Trinajstić information content (AvgIpc) is 3.34. The molecular weight excluding hydrogens is 408 g/mol. The van der Waals surface area contributed by atoms with Gasteiger partial charge >= 0.3 is 12.2 Å². The van der Waals surface area contributed by atoms with Crippen LogP contribution in [-0.4, -0.2) is 44.5 Å². The lowest BCUT2D eigenvalue weighted by atomic mass is 10.0. The Labute approximate surface area is 175 Å². The van der Waals surface area contributed by atoms with E-state index in [9.17, 15) is 19.5 Å². The smallest absolute Gasteiger partial charge is 0.436 e. The molecule has 3 aromatic rings. The van der Waals surface area contributed by atoms with Crippen LogP contribution in [0.2, 0.25) is 0 Å². The van der Waals surface area contributed by atoms with Crippen molar-refractivity contribution in [1.29, 1.82) is 0 Å². The van der Waals surface area contributed by atoms with E-state index >= 15 is 0 Å². The second kappa shape index (κ2) is 7.13. The fourth-order valence-corrected chi connectivity index (χ4v) is 4.55. The molecule has 0 unspecified atom stereocenters. The van der Waals surface area contributed by atoms with Gasteiger partial charge in [-0.3, -0.25) is 9.69 Å². The van der Waals surface area contributed by atoms with Crippen molar-refractivity contribution in [2.45, 2.75) is 32.9 Å². The van der Waals surface area contributed by atoms with Gasteiger partial charge in [-0.2, -0.15) is 5.10 Å². The Balaban J connectivity index is 1.75. The minimum absolute atomic E-state index is 0.000892. The molecule has 0 atom stereocenters. The van der Waals surface area contributed by atoms with Crippen molar-refractivity contribution < 1.29 is 24.2 Å². The van der Waals surface area contributed by atoms with Crippen LogP contribution in [0.15, 0.2) is 30.3 Å². The predicted molar refractivity (Wildman–Crippen MR) is 111 cm³/mol. The molecule has 9 nitrogen and oxygen atoms in total. The molecule has 0 saturated heterocycles. The standard InChI is InChI=1S/C20H20N4O5S/c1-4-29-19(28)24-16(12-10-23(18(26)27)20(2,3)15(12)22-24)21-17(25)14-9-11-7-5-6-8-13(11)30-14/h5-9H,4,10H2,1-3H3,(H,21,25)(H,26,27). The van der Waals surface area contributed by atoms with Crippen LogP contribution in [0.5, 0.6) is 0 Å². The van der Waals surface area contributed by atoms with Gasteiger partial charge in [0.25, 0.3) is 5.91 Å². The van der Waals surface area contributed by atoms with E-state index < -0.39 is 23.6 Å². The van der Waals surface area contributed by atoms with Crippen molar-refractivity contribution >= 4 is 45.3 Å². The summed E-state index contributed by atoms with van der Waals surface area (Å²) in [6, 6.07) is 9.39. The van der Waals surface area contributed by atoms with E-state index in [2.05, 4.69) is 10.4 Å². The van der Waals surface area contributed by atoms with Crippen LogP contribution in [0.25, 0.3) is 10.1 Å². The number of hydrogen-bond donors (Lipinski definition) is 2. The third-order valence-corrected chi connectivity index (χ3v) is 6.22. The number of carbonyl (C=O) groups excluding carboxylic acids is 2. The molecule has 0 radical (unpaired) electrons. The summed E-state index contributed by atoms with van der Waals surface area (Å²) in [5, 5.41) is 17.6. The van der Waals surface area contributed by atoms with E-state index in [1.807, 2.05) is 24.3 Å². The number of anilines is 1. The molecule has 0 fully saturated rings. The number of rotatable bonds is 3. The normalized spacial score (nSPS) is 14.6. The van der Waals surface area contributed by atoms with Crippen molar-refractivity contribution in [3.05, 3.63) is 46.5 Å². The Morgan fingerprint density at radius 1 is 1.30 bits per heavy atom. The van der Waals surface area contributed by atoms with Crippen molar-refractivity contribution in [3.8, 4) is 0 Å². The van der Waals surface area contributed by atoms with Gasteiger partial charge in [0.05, 0.1) is 29.3 Å². The second-order valence-corrected chi connectivity index (χ2v) is 8.40. The summed E-state index contributed by atoms with van der Waals surface area (Å²) in [6.07, 6.45) is -1.85. The molecule has 0 aliphatic carbocycles. The third kappa shape index (κ3) is 3.09. The zero-order valence-electron chi connectivity index (χ0n) is 16.6. The van der Waals surface area contributed by atoms with Gasteiger partial charge in [-0.05, 0) is 38.3 Å². The number of aromatic nitrogens is 2. The van der Waals surface area contributed by atoms with Gasteiger partial charge in [-0.25, -0.2) is 9.59 Å². The topological polar surface area (TPSA) is 114 Å². The molecule has 0 bridgehead atoms. The first kappa shape index (κ1) is 19.9. The lowest BCUT2D eigenvalue weighted by Gasteiger charge is -2.28. The minimum Gasteiger partial charge on any atom is -0.465 e. The predicted octanol–water partition coefficient (Wildman–Crippen LogP) is 4.08. The maximum atomic E-state index is 13.0. The second-order valence-electron chi connectivity index (χ2n) is 7.32. The number of nitrogens with one attached hydrogen (secondary N) is 1. The van der Waals surface area contributed by atoms with E-state index in [-0.39, 0.29) is 19.0 Å². The van der Waals surface area contributed by atoms with Gasteiger partial charge in [0, 0.05) is 10.3 Å². The zero-order chi connectivity index (χ0) is 21.6. The van der Waals surface area contributed by atoms with Crippen LogP contribution < -0.4 is 5.32 Å². The molecule has 10 heteroatoms. The molecule has 156 valence electrons. The van der Waals surface area contributed by atoms with Crippen LogP contribution >= 0.6 is 11.3 Å². The number of amides is 2. The lowest BCUT2D eigenvalue weighted by Crippen LogP contribution is -2.40. The number of benzene rings is 1. The van der Waals surface area contributed by atoms with Crippen LogP contribution in [-0.2, 0) is 16.8 Å². The molecule has 1 aliphatic rings. The summed E-state index contributed by atoms with van der Waals surface area (Å²) >= 11 is 1.33. The largest absolute Gasteiger partial charge is 0.465 e. The molecular formula is C20H20N4O5S. The molecule has 4 rings (SSSR count). The quantitative estimate of drug-likeness (QED) is 0.650. The lowest BCUT2D eigenvalue weighted by molar-refractivity contribution is 0.0971. The van der Waals surface area contributed by atoms with Crippen LogP contribution in [0.1, 0.15) is 41.7 Å². The summed E-state index contributed by atoms with van der Waals surface area (Å²) in [5.41, 5.74) is -0.0785. The number of fused-ring (bicyclic) bond motifs is 2. The highest BCUT2D eigenvalue weighted by molar-refractivity contribution is 7.20. The fourth-order valence-electron chi connectivity index (χ4n) is 3.59. The number of hydrogen-bond acceptors (Lipinski definition) is 6. The Bertz CT molecular complexity index is 1150. The zero-order valence-corrected chi connectivity index (χ0v) is 17.4. The van der Waals surface area contributed by atoms with E-state index in [1.165, 1.54) is 16.2 Å². The first-order valence-electron chi connectivity index (χ1n) is 9.34. The summed E-state index contributed by atoms with van der Waals surface area (Å²) in [6.45, 7) is 5.21. The fraction of sp³-hybridized carbons (Fsp3) is 0.300. The van der Waals surface area contributed by atoms with Crippen molar-refractivity contribution in [2.75, 3.05) is 11.9 Å². The SMILES string of the molecule is CCOC(=O)n1nc2c(c1NC(=O)c1cc3ccccc3s1)CN(C(=O)O)C2(C)C. The molecule has 0 saturated carbocycles. The molecule has 0 spiro atoms. The molecule has 1 aromatic carbocycles. The Kier molecular flexibility index (Phi) is 4.73. The summed E-state index contributed by atoms with van der Waals surface area (Å²) in [5.74, 6) is -0.279. The van der Waals surface area contributed by atoms with Crippen LogP contribution in [0.4, 0.5) is 15.4 Å². The molecule has 30 heavy (non-hydrogen) atoms. The van der Waals surface area contributed by atoms with Crippen molar-refractivity contribution in [2.24, 2.45) is 0 Å². The van der Waals surface area contributed by atoms with Crippen molar-refractivity contribution in [1.82, 2.24) is 14.7 Å². The molecule has 3 heterocycles. The number of nitrogens with zero attached hydrogens (tertiary/aromatic N) is 3. The first-order valence-corrected chi connectivity index (χ1v) is 10.2. The maximum Gasteiger partial charge on any atom is 0.436 e. The highest BCUT2D eigenvalue weighted by Crippen LogP contribution is 2.41. The van der Waals surface area contributed by atoms with Crippen molar-refractivity contribution in [3.63, 3.8) is 0 Å². The number of carbonyl (C=O) groups is 3. The number of carboxylic acid groups (broad SMARTS) is 1. The van der Waals surface area contributed by atoms with Crippen LogP contribution in [0, 0.1) is 0 Å². The summed E-state index contributed by atoms with van der Waals surface area (Å²) in [7, 11) is 0. The molecule has 2 aromatic heterocycles. The Hall–Kier alpha value is -3.40.